The molecule has 0 saturated carbocycles. The van der Waals surface area contributed by atoms with Crippen LogP contribution in [0, 0.1) is 29.1 Å². The van der Waals surface area contributed by atoms with Crippen molar-refractivity contribution in [3.05, 3.63) is 143 Å². The second kappa shape index (κ2) is 12.8. The molecule has 0 unspecified atom stereocenters. The molecule has 5 rings (SSSR count). The molecule has 0 fully saturated rings. The average Bonchev–Trinajstić information content (AvgIpc) is 3.00. The van der Waals surface area contributed by atoms with E-state index in [1.807, 2.05) is 25.1 Å². The number of aromatic nitrogens is 1. The Kier molecular flexibility index (Phi) is 8.85. The summed E-state index contributed by atoms with van der Waals surface area (Å²) in [5, 5.41) is 0. The Morgan fingerprint density at radius 3 is 1.93 bits per heavy atom. The summed E-state index contributed by atoms with van der Waals surface area (Å²) in [4.78, 5) is 4.32. The summed E-state index contributed by atoms with van der Waals surface area (Å²) in [6, 6.07) is 17.2. The predicted molar refractivity (Wildman–Crippen MR) is 154 cm³/mol. The highest BCUT2D eigenvalue weighted by Crippen LogP contribution is 2.36. The molecule has 0 saturated heterocycles. The summed E-state index contributed by atoms with van der Waals surface area (Å²) in [6.07, 6.45) is 3.30. The van der Waals surface area contributed by atoms with Crippen LogP contribution in [-0.4, -0.2) is 4.98 Å². The number of ether oxygens (including phenoxy) is 1. The molecule has 2 nitrogen and oxygen atoms in total. The van der Waals surface area contributed by atoms with Crippen LogP contribution in [0.2, 0.25) is 0 Å². The summed E-state index contributed by atoms with van der Waals surface area (Å²) in [6.45, 7) is 1.94. The molecule has 0 atom stereocenters. The van der Waals surface area contributed by atoms with E-state index in [1.54, 1.807) is 12.3 Å². The van der Waals surface area contributed by atoms with Gasteiger partial charge < -0.3 is 4.74 Å². The number of hydrogen-bond donors (Lipinski definition) is 0. The molecule has 5 aromatic rings. The average molecular weight is 608 g/mol. The summed E-state index contributed by atoms with van der Waals surface area (Å²) in [7, 11) is 0. The second-order valence-corrected chi connectivity index (χ2v) is 9.95. The quantitative estimate of drug-likeness (QED) is 0.0945. The second-order valence-electron chi connectivity index (χ2n) is 9.95. The van der Waals surface area contributed by atoms with Crippen LogP contribution in [0.5, 0.6) is 5.75 Å². The van der Waals surface area contributed by atoms with Crippen LogP contribution >= 0.6 is 0 Å². The van der Waals surface area contributed by atoms with Crippen molar-refractivity contribution in [3.63, 3.8) is 0 Å². The first-order valence-electron chi connectivity index (χ1n) is 13.5. The lowest BCUT2D eigenvalue weighted by molar-refractivity contribution is -0.187. The molecule has 224 valence electrons. The summed E-state index contributed by atoms with van der Waals surface area (Å²) in [5.41, 5.74) is 1.20. The van der Waals surface area contributed by atoms with Crippen LogP contribution in [0.1, 0.15) is 24.5 Å². The maximum atomic E-state index is 15.0. The van der Waals surface area contributed by atoms with Gasteiger partial charge in [-0.2, -0.15) is 8.78 Å². The highest BCUT2D eigenvalue weighted by Gasteiger charge is 2.37. The summed E-state index contributed by atoms with van der Waals surface area (Å²) >= 11 is 0. The third kappa shape index (κ3) is 6.67. The van der Waals surface area contributed by atoms with Gasteiger partial charge in [0.2, 0.25) is 0 Å². The number of rotatable bonds is 9. The molecule has 0 aliphatic heterocycles. The molecule has 0 N–H and O–H groups in total. The number of nitrogens with zero attached hydrogens (tertiary/aromatic N) is 1. The van der Waals surface area contributed by atoms with Gasteiger partial charge in [0.25, 0.3) is 0 Å². The standard InChI is InChI=1S/C35H24F7NO/c1-2-3-4-5-21-6-15-33(43-20-21)24-10-14-28(30(37)17-24)35(41,42)44-26-11-7-22(8-12-26)23-9-13-27(29(36)16-23)25-18-31(38)34(40)32(39)19-25/h2-3,6-20H,4-5H2,1H3. The maximum absolute atomic E-state index is 15.0. The van der Waals surface area contributed by atoms with Crippen LogP contribution in [0.3, 0.4) is 0 Å². The minimum Gasteiger partial charge on any atom is -0.429 e. The van der Waals surface area contributed by atoms with Gasteiger partial charge in [-0.15, -0.1) is 0 Å². The van der Waals surface area contributed by atoms with E-state index in [2.05, 4.69) is 4.98 Å². The third-order valence-corrected chi connectivity index (χ3v) is 6.94. The molecule has 1 aromatic heterocycles. The van der Waals surface area contributed by atoms with E-state index in [0.717, 1.165) is 36.6 Å². The van der Waals surface area contributed by atoms with Crippen molar-refractivity contribution in [2.75, 3.05) is 0 Å². The van der Waals surface area contributed by atoms with Gasteiger partial charge in [0.1, 0.15) is 17.4 Å². The smallest absolute Gasteiger partial charge is 0.429 e. The fourth-order valence-electron chi connectivity index (χ4n) is 4.63. The first-order valence-corrected chi connectivity index (χ1v) is 13.5. The van der Waals surface area contributed by atoms with Gasteiger partial charge in [-0.1, -0.05) is 48.6 Å². The Labute approximate surface area is 249 Å². The number of aryl methyl sites for hydroxylation is 1. The summed E-state index contributed by atoms with van der Waals surface area (Å²) < 4.78 is 105. The van der Waals surface area contributed by atoms with E-state index in [1.165, 1.54) is 42.5 Å². The van der Waals surface area contributed by atoms with Crippen molar-refractivity contribution in [1.82, 2.24) is 4.98 Å². The molecule has 0 amide bonds. The molecule has 1 heterocycles. The van der Waals surface area contributed by atoms with E-state index in [4.69, 9.17) is 4.74 Å². The predicted octanol–water partition coefficient (Wildman–Crippen LogP) is 10.4. The lowest BCUT2D eigenvalue weighted by Crippen LogP contribution is -2.23. The topological polar surface area (TPSA) is 22.1 Å². The number of halogens is 7. The van der Waals surface area contributed by atoms with Crippen molar-refractivity contribution >= 4 is 0 Å². The number of pyridine rings is 1. The van der Waals surface area contributed by atoms with Gasteiger partial charge in [0.05, 0.1) is 11.3 Å². The zero-order chi connectivity index (χ0) is 31.4. The van der Waals surface area contributed by atoms with Crippen molar-refractivity contribution in [2.45, 2.75) is 25.9 Å². The van der Waals surface area contributed by atoms with Crippen LogP contribution < -0.4 is 4.74 Å². The van der Waals surface area contributed by atoms with Gasteiger partial charge in [-0.3, -0.25) is 4.98 Å². The minimum atomic E-state index is -4.01. The van der Waals surface area contributed by atoms with E-state index in [9.17, 15) is 30.7 Å². The van der Waals surface area contributed by atoms with Crippen LogP contribution in [0.25, 0.3) is 33.5 Å². The van der Waals surface area contributed by atoms with Gasteiger partial charge in [0, 0.05) is 17.3 Å². The number of allylic oxidation sites excluding steroid dienone is 2. The van der Waals surface area contributed by atoms with Crippen molar-refractivity contribution in [2.24, 2.45) is 0 Å². The molecule has 0 spiro atoms. The van der Waals surface area contributed by atoms with Gasteiger partial charge in [-0.05, 0) is 90.6 Å². The first kappa shape index (κ1) is 30.5. The SMILES string of the molecule is CC=CCCc1ccc(-c2ccc(C(F)(F)Oc3ccc(-c4ccc(-c5cc(F)c(F)c(F)c5)c(F)c4)cc3)c(F)c2)nc1. The fraction of sp³-hybridized carbons (Fsp3) is 0.114. The van der Waals surface area contributed by atoms with Crippen molar-refractivity contribution in [3.8, 4) is 39.3 Å². The maximum Gasteiger partial charge on any atom is 0.429 e. The normalized spacial score (nSPS) is 11.7. The zero-order valence-electron chi connectivity index (χ0n) is 23.2. The Hall–Kier alpha value is -4.92. The van der Waals surface area contributed by atoms with Gasteiger partial charge in [-0.25, -0.2) is 22.0 Å². The monoisotopic (exact) mass is 607 g/mol. The Bertz CT molecular complexity index is 1790. The molecule has 0 radical (unpaired) electrons. The molecular weight excluding hydrogens is 583 g/mol. The first-order chi connectivity index (χ1) is 21.1. The van der Waals surface area contributed by atoms with E-state index in [-0.39, 0.29) is 16.9 Å². The fourth-order valence-corrected chi connectivity index (χ4v) is 4.63. The van der Waals surface area contributed by atoms with E-state index in [0.29, 0.717) is 34.5 Å². The molecule has 0 aliphatic rings. The Morgan fingerprint density at radius 1 is 0.682 bits per heavy atom. The highest BCUT2D eigenvalue weighted by molar-refractivity contribution is 5.71. The zero-order valence-corrected chi connectivity index (χ0v) is 23.2. The van der Waals surface area contributed by atoms with E-state index >= 15 is 0 Å². The van der Waals surface area contributed by atoms with Crippen LogP contribution in [0.15, 0.2) is 103 Å². The van der Waals surface area contributed by atoms with Crippen LogP contribution in [0.4, 0.5) is 30.7 Å². The molecule has 0 aliphatic carbocycles. The summed E-state index contributed by atoms with van der Waals surface area (Å²) in [5.74, 6) is -6.84. The molecule has 9 heteroatoms. The number of alkyl halides is 2. The third-order valence-electron chi connectivity index (χ3n) is 6.94. The number of hydrogen-bond acceptors (Lipinski definition) is 2. The lowest BCUT2D eigenvalue weighted by Gasteiger charge is -2.19. The van der Waals surface area contributed by atoms with Crippen LogP contribution in [-0.2, 0) is 12.5 Å². The Morgan fingerprint density at radius 2 is 1.32 bits per heavy atom. The molecule has 4 aromatic carbocycles. The number of benzene rings is 4. The minimum absolute atomic E-state index is 0.160. The van der Waals surface area contributed by atoms with Crippen molar-refractivity contribution < 1.29 is 35.5 Å². The molecule has 44 heavy (non-hydrogen) atoms. The van der Waals surface area contributed by atoms with Gasteiger partial charge in [0.15, 0.2) is 17.5 Å². The Balaban J connectivity index is 1.29. The molecular formula is C35H24F7NO. The van der Waals surface area contributed by atoms with Crippen molar-refractivity contribution in [1.29, 1.82) is 0 Å². The lowest BCUT2D eigenvalue weighted by atomic mass is 9.99. The molecule has 0 bridgehead atoms. The highest BCUT2D eigenvalue weighted by atomic mass is 19.3. The van der Waals surface area contributed by atoms with E-state index < -0.39 is 40.8 Å². The van der Waals surface area contributed by atoms with Gasteiger partial charge >= 0.3 is 6.11 Å². The largest absolute Gasteiger partial charge is 0.429 e.